The fraction of sp³-hybridized carbons (Fsp3) is 0.150. The summed E-state index contributed by atoms with van der Waals surface area (Å²) in [5.74, 6) is -1.66. The molecule has 128 valence electrons. The Bertz CT molecular complexity index is 897. The van der Waals surface area contributed by atoms with Crippen molar-refractivity contribution in [1.82, 2.24) is 4.57 Å². The van der Waals surface area contributed by atoms with Crippen molar-refractivity contribution in [3.05, 3.63) is 83.2 Å². The average molecular weight is 340 g/mol. The maximum Gasteiger partial charge on any atom is 0.183 e. The van der Waals surface area contributed by atoms with Gasteiger partial charge in [-0.05, 0) is 44.2 Å². The Morgan fingerprint density at radius 1 is 1.00 bits per heavy atom. The van der Waals surface area contributed by atoms with Crippen molar-refractivity contribution in [3.8, 4) is 5.69 Å². The summed E-state index contributed by atoms with van der Waals surface area (Å²) in [5.41, 5.74) is 2.93. The van der Waals surface area contributed by atoms with Crippen LogP contribution in [0.25, 0.3) is 5.69 Å². The minimum Gasteiger partial charge on any atom is -0.373 e. The third-order valence-corrected chi connectivity index (χ3v) is 4.13. The number of ketones is 1. The Hall–Kier alpha value is -2.95. The molecule has 1 heterocycles. The molecule has 0 aliphatic carbocycles. The highest BCUT2D eigenvalue weighted by molar-refractivity contribution is 6.00. The first-order chi connectivity index (χ1) is 12.0. The minimum atomic E-state index is -0.720. The number of carbonyl (C=O) groups is 1. The summed E-state index contributed by atoms with van der Waals surface area (Å²) in [6.07, 6.45) is 0. The summed E-state index contributed by atoms with van der Waals surface area (Å²) in [7, 11) is 0. The molecule has 0 aliphatic rings. The van der Waals surface area contributed by atoms with Crippen LogP contribution < -0.4 is 5.32 Å². The van der Waals surface area contributed by atoms with E-state index in [0.29, 0.717) is 5.56 Å². The number of carbonyl (C=O) groups excluding carboxylic acids is 1. The molecule has 2 aromatic carbocycles. The highest BCUT2D eigenvalue weighted by Crippen LogP contribution is 2.22. The lowest BCUT2D eigenvalue weighted by molar-refractivity contribution is 0.101. The van der Waals surface area contributed by atoms with Crippen LogP contribution in [-0.4, -0.2) is 16.9 Å². The molecule has 0 saturated heterocycles. The van der Waals surface area contributed by atoms with Crippen LogP contribution >= 0.6 is 0 Å². The predicted molar refractivity (Wildman–Crippen MR) is 94.4 cm³/mol. The minimum absolute atomic E-state index is 0.184. The molecule has 0 spiro atoms. The van der Waals surface area contributed by atoms with Gasteiger partial charge in [0.1, 0.15) is 17.3 Å². The normalized spacial score (nSPS) is 10.7. The van der Waals surface area contributed by atoms with Crippen molar-refractivity contribution in [3.63, 3.8) is 0 Å². The zero-order valence-electron chi connectivity index (χ0n) is 14.0. The molecule has 1 N–H and O–H groups in total. The lowest BCUT2D eigenvalue weighted by atomic mass is 10.1. The second kappa shape index (κ2) is 6.89. The van der Waals surface area contributed by atoms with Gasteiger partial charge in [0.25, 0.3) is 0 Å². The second-order valence-corrected chi connectivity index (χ2v) is 5.83. The summed E-state index contributed by atoms with van der Waals surface area (Å²) in [6, 6.07) is 15.1. The van der Waals surface area contributed by atoms with Gasteiger partial charge in [-0.2, -0.15) is 0 Å². The SMILES string of the molecule is Cc1cc(C(=O)CNc2c(F)cccc2F)c(C)n1-c1ccccc1. The molecule has 25 heavy (non-hydrogen) atoms. The molecule has 0 atom stereocenters. The topological polar surface area (TPSA) is 34.0 Å². The zero-order valence-corrected chi connectivity index (χ0v) is 14.0. The van der Waals surface area contributed by atoms with Gasteiger partial charge in [-0.15, -0.1) is 0 Å². The molecule has 0 amide bonds. The van der Waals surface area contributed by atoms with Crippen molar-refractivity contribution >= 4 is 11.5 Å². The number of hydrogen-bond donors (Lipinski definition) is 1. The van der Waals surface area contributed by atoms with Gasteiger partial charge in [0, 0.05) is 22.6 Å². The molecular formula is C20H18F2N2O. The van der Waals surface area contributed by atoms with Gasteiger partial charge in [-0.25, -0.2) is 8.78 Å². The van der Waals surface area contributed by atoms with E-state index in [4.69, 9.17) is 0 Å². The van der Waals surface area contributed by atoms with E-state index in [0.717, 1.165) is 29.2 Å². The summed E-state index contributed by atoms with van der Waals surface area (Å²) in [5, 5.41) is 2.57. The molecule has 3 aromatic rings. The third-order valence-electron chi connectivity index (χ3n) is 4.13. The second-order valence-electron chi connectivity index (χ2n) is 5.83. The Labute approximate surface area is 144 Å². The molecule has 0 unspecified atom stereocenters. The number of hydrogen-bond acceptors (Lipinski definition) is 2. The third kappa shape index (κ3) is 3.31. The number of benzene rings is 2. The summed E-state index contributed by atoms with van der Waals surface area (Å²) in [4.78, 5) is 12.5. The summed E-state index contributed by atoms with van der Waals surface area (Å²) in [6.45, 7) is 3.59. The Morgan fingerprint density at radius 2 is 1.64 bits per heavy atom. The van der Waals surface area contributed by atoms with E-state index in [1.807, 2.05) is 48.7 Å². The molecule has 3 nitrogen and oxygen atoms in total. The highest BCUT2D eigenvalue weighted by atomic mass is 19.1. The molecule has 1 aromatic heterocycles. The van der Waals surface area contributed by atoms with Gasteiger partial charge in [0.05, 0.1) is 6.54 Å². The van der Waals surface area contributed by atoms with E-state index < -0.39 is 11.6 Å². The van der Waals surface area contributed by atoms with Gasteiger partial charge >= 0.3 is 0 Å². The Morgan fingerprint density at radius 3 is 2.28 bits per heavy atom. The molecule has 0 radical (unpaired) electrons. The summed E-state index contributed by atoms with van der Waals surface area (Å²) >= 11 is 0. The van der Waals surface area contributed by atoms with Crippen LogP contribution in [-0.2, 0) is 0 Å². The molecule has 0 aliphatic heterocycles. The van der Waals surface area contributed by atoms with Crippen LogP contribution in [0.5, 0.6) is 0 Å². The Kier molecular flexibility index (Phi) is 4.65. The molecule has 0 fully saturated rings. The van der Waals surface area contributed by atoms with E-state index in [1.165, 1.54) is 6.07 Å². The maximum atomic E-state index is 13.7. The molecule has 0 saturated carbocycles. The largest absolute Gasteiger partial charge is 0.373 e. The quantitative estimate of drug-likeness (QED) is 0.685. The molecular weight excluding hydrogens is 322 g/mol. The number of aryl methyl sites for hydroxylation is 1. The van der Waals surface area contributed by atoms with Crippen LogP contribution in [0.2, 0.25) is 0 Å². The maximum absolute atomic E-state index is 13.7. The van der Waals surface area contributed by atoms with E-state index in [-0.39, 0.29) is 18.0 Å². The number of nitrogens with one attached hydrogen (secondary N) is 1. The zero-order chi connectivity index (χ0) is 18.0. The highest BCUT2D eigenvalue weighted by Gasteiger charge is 2.17. The van der Waals surface area contributed by atoms with Crippen LogP contribution in [0.15, 0.2) is 54.6 Å². The van der Waals surface area contributed by atoms with Gasteiger partial charge in [-0.1, -0.05) is 24.3 Å². The van der Waals surface area contributed by atoms with Crippen molar-refractivity contribution in [2.75, 3.05) is 11.9 Å². The number of nitrogens with zero attached hydrogens (tertiary/aromatic N) is 1. The number of para-hydroxylation sites is 2. The number of rotatable bonds is 5. The van der Waals surface area contributed by atoms with Gasteiger partial charge in [0.2, 0.25) is 0 Å². The van der Waals surface area contributed by atoms with Gasteiger partial charge in [0.15, 0.2) is 5.78 Å². The van der Waals surface area contributed by atoms with E-state index in [1.54, 1.807) is 6.07 Å². The van der Waals surface area contributed by atoms with Gasteiger partial charge in [-0.3, -0.25) is 4.79 Å². The standard InChI is InChI=1S/C20H18F2N2O/c1-13-11-16(14(2)24(13)15-7-4-3-5-8-15)19(25)12-23-20-17(21)9-6-10-18(20)22/h3-11,23H,12H2,1-2H3. The Balaban J connectivity index is 1.84. The summed E-state index contributed by atoms with van der Waals surface area (Å²) < 4.78 is 29.3. The average Bonchev–Trinajstić information content (AvgIpc) is 2.89. The van der Waals surface area contributed by atoms with Crippen molar-refractivity contribution < 1.29 is 13.6 Å². The first-order valence-electron chi connectivity index (χ1n) is 7.94. The number of Topliss-reactive ketones (excluding diaryl/α,β-unsaturated/α-hetero) is 1. The fourth-order valence-corrected chi connectivity index (χ4v) is 2.95. The molecule has 5 heteroatoms. The molecule has 3 rings (SSSR count). The van der Waals surface area contributed by atoms with Gasteiger partial charge < -0.3 is 9.88 Å². The van der Waals surface area contributed by atoms with Crippen LogP contribution in [0.3, 0.4) is 0 Å². The van der Waals surface area contributed by atoms with E-state index >= 15 is 0 Å². The first kappa shape index (κ1) is 16.9. The number of aromatic nitrogens is 1. The number of halogens is 2. The lowest BCUT2D eigenvalue weighted by Crippen LogP contribution is -2.16. The van der Waals surface area contributed by atoms with Crippen LogP contribution in [0.4, 0.5) is 14.5 Å². The smallest absolute Gasteiger partial charge is 0.183 e. The van der Waals surface area contributed by atoms with Crippen molar-refractivity contribution in [2.24, 2.45) is 0 Å². The van der Waals surface area contributed by atoms with Crippen molar-refractivity contribution in [2.45, 2.75) is 13.8 Å². The fourth-order valence-electron chi connectivity index (χ4n) is 2.95. The van der Waals surface area contributed by atoms with E-state index in [9.17, 15) is 13.6 Å². The monoisotopic (exact) mass is 340 g/mol. The first-order valence-corrected chi connectivity index (χ1v) is 7.94. The predicted octanol–water partition coefficient (Wildman–Crippen LogP) is 4.67. The molecule has 0 bridgehead atoms. The van der Waals surface area contributed by atoms with E-state index in [2.05, 4.69) is 5.32 Å². The van der Waals surface area contributed by atoms with Crippen LogP contribution in [0.1, 0.15) is 21.7 Å². The van der Waals surface area contributed by atoms with Crippen LogP contribution in [0, 0.1) is 25.5 Å². The van der Waals surface area contributed by atoms with Crippen molar-refractivity contribution in [1.29, 1.82) is 0 Å². The number of anilines is 1. The lowest BCUT2D eigenvalue weighted by Gasteiger charge is -2.10.